The summed E-state index contributed by atoms with van der Waals surface area (Å²) in [5.74, 6) is 2.17. The summed E-state index contributed by atoms with van der Waals surface area (Å²) in [5.41, 5.74) is 3.22. The molecule has 1 aromatic carbocycles. The Hall–Kier alpha value is -3.40. The van der Waals surface area contributed by atoms with E-state index < -0.39 is 27.1 Å². The van der Waals surface area contributed by atoms with Crippen LogP contribution in [0.15, 0.2) is 22.7 Å². The molecule has 2 fully saturated rings. The molecule has 0 N–H and O–H groups in total. The molecular weight excluding hydrogens is 693 g/mol. The number of amides is 1. The molecular formula is C34H46ClF3N6O5Si. The lowest BCUT2D eigenvalue weighted by atomic mass is 9.72. The number of nitrogens with zero attached hydrogens (tertiary/aromatic N) is 6. The van der Waals surface area contributed by atoms with Gasteiger partial charge in [-0.15, -0.1) is 0 Å². The highest BCUT2D eigenvalue weighted by atomic mass is 35.5. The number of likely N-dealkylation sites (tertiary alicyclic amines) is 1. The van der Waals surface area contributed by atoms with Crippen molar-refractivity contribution in [2.45, 2.75) is 72.3 Å². The SMILES string of the molecule is Cc1noc(C)c1-c1nc(-c2cc(OCCCOC(=O)N(C)O[Si](C)(C)C(C)(C)C)ccc2Cl)nc(N2CC3(CN(CC(F)(F)F)C3)C2)c1C. The van der Waals surface area contributed by atoms with Crippen molar-refractivity contribution in [2.24, 2.45) is 5.41 Å². The molecule has 50 heavy (non-hydrogen) atoms. The summed E-state index contributed by atoms with van der Waals surface area (Å²) in [6.07, 6.45) is -4.33. The van der Waals surface area contributed by atoms with E-state index in [9.17, 15) is 18.0 Å². The maximum absolute atomic E-state index is 12.9. The number of benzene rings is 1. The Morgan fingerprint density at radius 1 is 1.08 bits per heavy atom. The first-order chi connectivity index (χ1) is 23.2. The summed E-state index contributed by atoms with van der Waals surface area (Å²) in [5, 5.41) is 5.65. The number of alkyl halides is 3. The standard InChI is InChI=1S/C34H46ClF3N6O5Si/c1-21-28(27-22(2)41-48-23(27)3)39-29(40-30(21)44-18-33(19-44)16-43(17-33)20-34(36,37)38)25-15-24(11-12-26(25)35)46-13-10-14-47-31(45)42(7)49-50(8,9)32(4,5)6/h11-12,15H,10,13-14,16-20H2,1-9H3. The number of aryl methyl sites for hydroxylation is 2. The van der Waals surface area contributed by atoms with Crippen molar-refractivity contribution >= 4 is 31.8 Å². The van der Waals surface area contributed by atoms with E-state index >= 15 is 0 Å². The molecule has 16 heteroatoms. The van der Waals surface area contributed by atoms with Gasteiger partial charge in [0, 0.05) is 56.2 Å². The fourth-order valence-electron chi connectivity index (χ4n) is 6.16. The van der Waals surface area contributed by atoms with Crippen LogP contribution < -0.4 is 9.64 Å². The van der Waals surface area contributed by atoms with E-state index in [0.29, 0.717) is 77.7 Å². The largest absolute Gasteiger partial charge is 0.493 e. The van der Waals surface area contributed by atoms with Crippen LogP contribution in [-0.2, 0) is 9.26 Å². The number of rotatable bonds is 11. The highest BCUT2D eigenvalue weighted by molar-refractivity contribution is 6.74. The lowest BCUT2D eigenvalue weighted by Gasteiger charge is -2.61. The first kappa shape index (κ1) is 37.8. The Labute approximate surface area is 297 Å². The van der Waals surface area contributed by atoms with E-state index in [1.165, 1.54) is 9.96 Å². The molecule has 2 saturated heterocycles. The van der Waals surface area contributed by atoms with E-state index in [1.54, 1.807) is 25.2 Å². The van der Waals surface area contributed by atoms with Crippen LogP contribution in [0.5, 0.6) is 5.75 Å². The lowest BCUT2D eigenvalue weighted by molar-refractivity contribution is -0.172. The van der Waals surface area contributed by atoms with Crippen molar-refractivity contribution in [1.82, 2.24) is 25.1 Å². The number of hydroxylamine groups is 2. The number of aromatic nitrogens is 3. The maximum atomic E-state index is 12.9. The molecule has 1 amide bonds. The zero-order chi connectivity index (χ0) is 36.8. The molecule has 0 radical (unpaired) electrons. The summed E-state index contributed by atoms with van der Waals surface area (Å²) in [6.45, 7) is 17.4. The molecule has 1 spiro atoms. The van der Waals surface area contributed by atoms with Gasteiger partial charge in [0.05, 0.1) is 41.7 Å². The van der Waals surface area contributed by atoms with Gasteiger partial charge in [-0.05, 0) is 57.1 Å². The molecule has 0 atom stereocenters. The smallest absolute Gasteiger partial charge is 0.432 e. The molecule has 2 aromatic heterocycles. The predicted molar refractivity (Wildman–Crippen MR) is 187 cm³/mol. The zero-order valence-electron chi connectivity index (χ0n) is 30.1. The molecule has 3 aromatic rings. The van der Waals surface area contributed by atoms with E-state index in [2.05, 4.69) is 43.9 Å². The van der Waals surface area contributed by atoms with Crippen molar-refractivity contribution in [3.05, 3.63) is 40.2 Å². The number of ether oxygens (including phenoxy) is 2. The van der Waals surface area contributed by atoms with Crippen LogP contribution in [0.2, 0.25) is 23.2 Å². The van der Waals surface area contributed by atoms with Crippen LogP contribution in [0.1, 0.15) is 44.2 Å². The zero-order valence-corrected chi connectivity index (χ0v) is 31.9. The number of hydrogen-bond acceptors (Lipinski definition) is 10. The van der Waals surface area contributed by atoms with Gasteiger partial charge in [0.1, 0.15) is 17.3 Å². The van der Waals surface area contributed by atoms with Crippen molar-refractivity contribution in [1.29, 1.82) is 0 Å². The van der Waals surface area contributed by atoms with Crippen LogP contribution in [-0.4, -0.2) is 98.7 Å². The number of anilines is 1. The summed E-state index contributed by atoms with van der Waals surface area (Å²) < 4.78 is 61.6. The van der Waals surface area contributed by atoms with Crippen molar-refractivity contribution in [3.63, 3.8) is 0 Å². The molecule has 4 heterocycles. The fourth-order valence-corrected chi connectivity index (χ4v) is 7.40. The molecule has 0 unspecified atom stereocenters. The van der Waals surface area contributed by atoms with E-state index in [0.717, 1.165) is 11.1 Å². The van der Waals surface area contributed by atoms with Crippen LogP contribution >= 0.6 is 11.6 Å². The van der Waals surface area contributed by atoms with Crippen LogP contribution in [0.25, 0.3) is 22.6 Å². The van der Waals surface area contributed by atoms with Gasteiger partial charge >= 0.3 is 12.3 Å². The van der Waals surface area contributed by atoms with Gasteiger partial charge in [-0.2, -0.15) is 13.2 Å². The van der Waals surface area contributed by atoms with E-state index in [-0.39, 0.29) is 23.7 Å². The minimum atomic E-state index is -4.21. The van der Waals surface area contributed by atoms with E-state index in [1.807, 2.05) is 20.8 Å². The van der Waals surface area contributed by atoms with Gasteiger partial charge in [-0.1, -0.05) is 37.5 Å². The third kappa shape index (κ3) is 8.21. The average molecular weight is 739 g/mol. The fraction of sp³-hybridized carbons (Fsp3) is 0.588. The van der Waals surface area contributed by atoms with Crippen molar-refractivity contribution < 1.29 is 36.5 Å². The minimum Gasteiger partial charge on any atom is -0.493 e. The molecule has 274 valence electrons. The molecule has 0 bridgehead atoms. The summed E-state index contributed by atoms with van der Waals surface area (Å²) >= 11 is 6.71. The first-order valence-corrected chi connectivity index (χ1v) is 19.9. The second-order valence-electron chi connectivity index (χ2n) is 15.0. The summed E-state index contributed by atoms with van der Waals surface area (Å²) in [6, 6.07) is 5.21. The van der Waals surface area contributed by atoms with Crippen LogP contribution in [0.3, 0.4) is 0 Å². The van der Waals surface area contributed by atoms with Gasteiger partial charge in [0.15, 0.2) is 5.82 Å². The summed E-state index contributed by atoms with van der Waals surface area (Å²) in [4.78, 5) is 25.9. The normalized spacial score (nSPS) is 16.3. The van der Waals surface area contributed by atoms with Crippen LogP contribution in [0, 0.1) is 26.2 Å². The Morgan fingerprint density at radius 3 is 2.36 bits per heavy atom. The van der Waals surface area contributed by atoms with Crippen LogP contribution in [0.4, 0.5) is 23.8 Å². The third-order valence-corrected chi connectivity index (χ3v) is 14.3. The average Bonchev–Trinajstić information content (AvgIpc) is 3.30. The van der Waals surface area contributed by atoms with E-state index in [4.69, 9.17) is 40.1 Å². The Kier molecular flexibility index (Phi) is 10.6. The monoisotopic (exact) mass is 738 g/mol. The molecule has 2 aliphatic rings. The highest BCUT2D eigenvalue weighted by Gasteiger charge is 2.54. The maximum Gasteiger partial charge on any atom is 0.432 e. The van der Waals surface area contributed by atoms with Gasteiger partial charge in [0.2, 0.25) is 8.32 Å². The third-order valence-electron chi connectivity index (χ3n) is 9.65. The van der Waals surface area contributed by atoms with Gasteiger partial charge < -0.3 is 23.4 Å². The number of carbonyl (C=O) groups excluding carboxylic acids is 1. The predicted octanol–water partition coefficient (Wildman–Crippen LogP) is 7.84. The molecule has 5 rings (SSSR count). The summed E-state index contributed by atoms with van der Waals surface area (Å²) in [7, 11) is -0.628. The molecule has 11 nitrogen and oxygen atoms in total. The second kappa shape index (κ2) is 14.0. The first-order valence-electron chi connectivity index (χ1n) is 16.6. The van der Waals surface area contributed by atoms with Crippen molar-refractivity contribution in [2.75, 3.05) is 57.9 Å². The van der Waals surface area contributed by atoms with Gasteiger partial charge in [-0.3, -0.25) is 4.90 Å². The Balaban J connectivity index is 1.28. The highest BCUT2D eigenvalue weighted by Crippen LogP contribution is 2.45. The number of halogens is 4. The number of carbonyl (C=O) groups is 1. The van der Waals surface area contributed by atoms with Gasteiger partial charge in [-0.25, -0.2) is 19.8 Å². The topological polar surface area (TPSA) is 106 Å². The quantitative estimate of drug-likeness (QED) is 0.110. The van der Waals surface area contributed by atoms with Gasteiger partial charge in [0.25, 0.3) is 0 Å². The minimum absolute atomic E-state index is 0.0629. The molecule has 0 aliphatic carbocycles. The van der Waals surface area contributed by atoms with Crippen molar-refractivity contribution in [3.8, 4) is 28.4 Å². The second-order valence-corrected chi connectivity index (χ2v) is 20.1. The lowest BCUT2D eigenvalue weighted by Crippen LogP contribution is -2.73. The Bertz CT molecular complexity index is 1700. The molecule has 2 aliphatic heterocycles. The Morgan fingerprint density at radius 2 is 1.76 bits per heavy atom. The molecule has 0 saturated carbocycles. The number of hydrogen-bond donors (Lipinski definition) is 0.